The first-order valence-electron chi connectivity index (χ1n) is 8.38. The number of hydrogen-bond donors (Lipinski definition) is 0. The van der Waals surface area contributed by atoms with Crippen LogP contribution in [0.3, 0.4) is 0 Å². The Morgan fingerprint density at radius 1 is 1.30 bits per heavy atom. The maximum Gasteiger partial charge on any atom is 0.276 e. The molecule has 0 bridgehead atoms. The Bertz CT molecular complexity index is 663. The van der Waals surface area contributed by atoms with E-state index in [0.29, 0.717) is 11.6 Å². The van der Waals surface area contributed by atoms with Crippen molar-refractivity contribution in [2.75, 3.05) is 6.54 Å². The number of amides is 1. The third-order valence-electron chi connectivity index (χ3n) is 4.72. The summed E-state index contributed by atoms with van der Waals surface area (Å²) < 4.78 is 5.27. The molecule has 0 unspecified atom stereocenters. The molecule has 122 valence electrons. The quantitative estimate of drug-likeness (QED) is 0.853. The summed E-state index contributed by atoms with van der Waals surface area (Å²) in [6.07, 6.45) is 1.99. The lowest BCUT2D eigenvalue weighted by Gasteiger charge is -2.37. The van der Waals surface area contributed by atoms with E-state index in [-0.39, 0.29) is 17.9 Å². The SMILES string of the molecule is CC(C)c1cc(C(=O)N2CC[C@H](c3ccccc3)C[C@H]2C)no1. The van der Waals surface area contributed by atoms with Gasteiger partial charge in [-0.1, -0.05) is 49.3 Å². The van der Waals surface area contributed by atoms with E-state index in [4.69, 9.17) is 4.52 Å². The molecule has 3 rings (SSSR count). The van der Waals surface area contributed by atoms with Crippen molar-refractivity contribution in [2.45, 2.75) is 51.5 Å². The Balaban J connectivity index is 1.69. The molecule has 0 radical (unpaired) electrons. The van der Waals surface area contributed by atoms with Gasteiger partial charge in [0.15, 0.2) is 5.69 Å². The second-order valence-corrected chi connectivity index (χ2v) is 6.75. The first-order chi connectivity index (χ1) is 11.1. The van der Waals surface area contributed by atoms with Gasteiger partial charge in [-0.25, -0.2) is 0 Å². The van der Waals surface area contributed by atoms with Gasteiger partial charge in [-0.15, -0.1) is 0 Å². The van der Waals surface area contributed by atoms with Gasteiger partial charge in [0.25, 0.3) is 5.91 Å². The van der Waals surface area contributed by atoms with Crippen LogP contribution in [0.4, 0.5) is 0 Å². The molecule has 1 fully saturated rings. The molecule has 2 heterocycles. The van der Waals surface area contributed by atoms with Crippen LogP contribution in [0.25, 0.3) is 0 Å². The van der Waals surface area contributed by atoms with Gasteiger partial charge in [0.05, 0.1) is 0 Å². The van der Waals surface area contributed by atoms with Crippen molar-refractivity contribution in [2.24, 2.45) is 0 Å². The maximum absolute atomic E-state index is 12.7. The summed E-state index contributed by atoms with van der Waals surface area (Å²) in [5.41, 5.74) is 1.80. The molecule has 1 aliphatic rings. The highest BCUT2D eigenvalue weighted by Crippen LogP contribution is 2.32. The standard InChI is InChI=1S/C19H24N2O2/c1-13(2)18-12-17(20-23-18)19(22)21-10-9-16(11-14(21)3)15-7-5-4-6-8-15/h4-8,12-14,16H,9-11H2,1-3H3/t14-,16+/m1/s1. The zero-order valence-corrected chi connectivity index (χ0v) is 14.0. The van der Waals surface area contributed by atoms with E-state index < -0.39 is 0 Å². The Kier molecular flexibility index (Phi) is 4.51. The van der Waals surface area contributed by atoms with Crippen LogP contribution in [-0.2, 0) is 0 Å². The zero-order chi connectivity index (χ0) is 16.4. The first-order valence-corrected chi connectivity index (χ1v) is 8.38. The second kappa shape index (κ2) is 6.57. The lowest BCUT2D eigenvalue weighted by molar-refractivity contribution is 0.0605. The summed E-state index contributed by atoms with van der Waals surface area (Å²) in [6, 6.07) is 12.6. The topological polar surface area (TPSA) is 46.3 Å². The number of piperidine rings is 1. The molecule has 0 saturated carbocycles. The summed E-state index contributed by atoms with van der Waals surface area (Å²) in [6.45, 7) is 6.95. The van der Waals surface area contributed by atoms with Crippen molar-refractivity contribution >= 4 is 5.91 Å². The molecule has 2 atom stereocenters. The number of carbonyl (C=O) groups excluding carboxylic acids is 1. The fourth-order valence-electron chi connectivity index (χ4n) is 3.31. The second-order valence-electron chi connectivity index (χ2n) is 6.75. The van der Waals surface area contributed by atoms with Crippen molar-refractivity contribution < 1.29 is 9.32 Å². The van der Waals surface area contributed by atoms with E-state index in [1.54, 1.807) is 6.07 Å². The molecule has 1 aromatic heterocycles. The first kappa shape index (κ1) is 15.8. The number of rotatable bonds is 3. The minimum atomic E-state index is -0.0142. The lowest BCUT2D eigenvalue weighted by atomic mass is 9.86. The molecule has 23 heavy (non-hydrogen) atoms. The van der Waals surface area contributed by atoms with Gasteiger partial charge in [0, 0.05) is 24.6 Å². The van der Waals surface area contributed by atoms with Gasteiger partial charge in [-0.05, 0) is 31.2 Å². The molecule has 2 aromatic rings. The highest BCUT2D eigenvalue weighted by molar-refractivity contribution is 5.92. The van der Waals surface area contributed by atoms with E-state index >= 15 is 0 Å². The molecule has 1 aromatic carbocycles. The summed E-state index contributed by atoms with van der Waals surface area (Å²) in [5, 5.41) is 3.96. The molecule has 0 N–H and O–H groups in total. The van der Waals surface area contributed by atoms with Crippen molar-refractivity contribution in [1.82, 2.24) is 10.1 Å². The van der Waals surface area contributed by atoms with Crippen molar-refractivity contribution in [3.63, 3.8) is 0 Å². The zero-order valence-electron chi connectivity index (χ0n) is 14.0. The normalized spacial score (nSPS) is 21.7. The molecule has 0 aliphatic carbocycles. The molecule has 4 heteroatoms. The van der Waals surface area contributed by atoms with Crippen molar-refractivity contribution in [3.05, 3.63) is 53.4 Å². The van der Waals surface area contributed by atoms with E-state index in [0.717, 1.165) is 25.1 Å². The number of nitrogens with zero attached hydrogens (tertiary/aromatic N) is 2. The molecule has 1 aliphatic heterocycles. The minimum Gasteiger partial charge on any atom is -0.360 e. The predicted molar refractivity (Wildman–Crippen MR) is 89.5 cm³/mol. The maximum atomic E-state index is 12.7. The number of carbonyl (C=O) groups is 1. The van der Waals surface area contributed by atoms with Crippen molar-refractivity contribution in [1.29, 1.82) is 0 Å². The van der Waals surface area contributed by atoms with Gasteiger partial charge < -0.3 is 9.42 Å². The summed E-state index contributed by atoms with van der Waals surface area (Å²) in [7, 11) is 0. The minimum absolute atomic E-state index is 0.0142. The largest absolute Gasteiger partial charge is 0.360 e. The Morgan fingerprint density at radius 2 is 2.04 bits per heavy atom. The number of hydrogen-bond acceptors (Lipinski definition) is 3. The van der Waals surface area contributed by atoms with Crippen LogP contribution >= 0.6 is 0 Å². The molecule has 1 saturated heterocycles. The monoisotopic (exact) mass is 312 g/mol. The Hall–Kier alpha value is -2.10. The number of likely N-dealkylation sites (tertiary alicyclic amines) is 1. The Labute approximate surface area is 137 Å². The summed E-state index contributed by atoms with van der Waals surface area (Å²) >= 11 is 0. The predicted octanol–water partition coefficient (Wildman–Crippen LogP) is 4.21. The molecule has 4 nitrogen and oxygen atoms in total. The molecular formula is C19H24N2O2. The molecule has 1 amide bonds. The van der Waals surface area contributed by atoms with Crippen LogP contribution in [0.15, 0.2) is 40.9 Å². The van der Waals surface area contributed by atoms with Crippen LogP contribution in [0.1, 0.15) is 67.3 Å². The third-order valence-corrected chi connectivity index (χ3v) is 4.72. The van der Waals surface area contributed by atoms with Gasteiger partial charge in [-0.3, -0.25) is 4.79 Å². The average molecular weight is 312 g/mol. The van der Waals surface area contributed by atoms with Crippen LogP contribution in [0.5, 0.6) is 0 Å². The van der Waals surface area contributed by atoms with Crippen LogP contribution in [0.2, 0.25) is 0 Å². The van der Waals surface area contributed by atoms with E-state index in [1.165, 1.54) is 5.56 Å². The van der Waals surface area contributed by atoms with E-state index in [1.807, 2.05) is 24.8 Å². The highest BCUT2D eigenvalue weighted by Gasteiger charge is 2.31. The number of aromatic nitrogens is 1. The fraction of sp³-hybridized carbons (Fsp3) is 0.474. The Morgan fingerprint density at radius 3 is 2.65 bits per heavy atom. The van der Waals surface area contributed by atoms with Gasteiger partial charge in [0.2, 0.25) is 0 Å². The van der Waals surface area contributed by atoms with E-state index in [2.05, 4.69) is 36.3 Å². The smallest absolute Gasteiger partial charge is 0.276 e. The average Bonchev–Trinajstić information content (AvgIpc) is 3.05. The summed E-state index contributed by atoms with van der Waals surface area (Å²) in [4.78, 5) is 14.6. The fourth-order valence-corrected chi connectivity index (χ4v) is 3.31. The van der Waals surface area contributed by atoms with Gasteiger partial charge >= 0.3 is 0 Å². The van der Waals surface area contributed by atoms with Crippen LogP contribution in [-0.4, -0.2) is 28.6 Å². The molecular weight excluding hydrogens is 288 g/mol. The van der Waals surface area contributed by atoms with Crippen LogP contribution in [0, 0.1) is 0 Å². The van der Waals surface area contributed by atoms with Gasteiger partial charge in [-0.2, -0.15) is 0 Å². The van der Waals surface area contributed by atoms with Crippen LogP contribution < -0.4 is 0 Å². The molecule has 0 spiro atoms. The number of benzene rings is 1. The highest BCUT2D eigenvalue weighted by atomic mass is 16.5. The van der Waals surface area contributed by atoms with E-state index in [9.17, 15) is 4.79 Å². The van der Waals surface area contributed by atoms with Crippen molar-refractivity contribution in [3.8, 4) is 0 Å². The van der Waals surface area contributed by atoms with Gasteiger partial charge in [0.1, 0.15) is 5.76 Å². The summed E-state index contributed by atoms with van der Waals surface area (Å²) in [5.74, 6) is 1.52. The third kappa shape index (κ3) is 3.31. The lowest BCUT2D eigenvalue weighted by Crippen LogP contribution is -2.44.